The Hall–Kier alpha value is -1.58. The van der Waals surface area contributed by atoms with E-state index in [2.05, 4.69) is 0 Å². The number of fused-ring (bicyclic) bond motifs is 1. The van der Waals surface area contributed by atoms with E-state index >= 15 is 0 Å². The molecule has 0 bridgehead atoms. The van der Waals surface area contributed by atoms with E-state index < -0.39 is 0 Å². The summed E-state index contributed by atoms with van der Waals surface area (Å²) in [6, 6.07) is 13.9. The molecule has 0 aliphatic carbocycles. The molecule has 4 heteroatoms. The van der Waals surface area contributed by atoms with E-state index in [4.69, 9.17) is 11.6 Å². The minimum absolute atomic E-state index is 0.199. The number of hydrogen-bond donors (Lipinski definition) is 0. The van der Waals surface area contributed by atoms with E-state index in [1.54, 1.807) is 23.9 Å². The summed E-state index contributed by atoms with van der Waals surface area (Å²) >= 11 is 7.91. The second-order valence-electron chi connectivity index (χ2n) is 4.43. The van der Waals surface area contributed by atoms with Crippen LogP contribution in [0, 0.1) is 5.82 Å². The number of rotatable bonds is 2. The van der Waals surface area contributed by atoms with Crippen LogP contribution in [0.25, 0.3) is 5.03 Å². The van der Waals surface area contributed by atoms with E-state index in [0.29, 0.717) is 10.6 Å². The predicted molar refractivity (Wildman–Crippen MR) is 80.3 cm³/mol. The van der Waals surface area contributed by atoms with Crippen LogP contribution in [-0.4, -0.2) is 6.29 Å². The first-order chi connectivity index (χ1) is 9.70. The largest absolute Gasteiger partial charge is 0.298 e. The molecule has 0 N–H and O–H groups in total. The van der Waals surface area contributed by atoms with Crippen molar-refractivity contribution in [2.75, 3.05) is 0 Å². The lowest BCUT2D eigenvalue weighted by Crippen LogP contribution is -2.07. The molecule has 0 radical (unpaired) electrons. The summed E-state index contributed by atoms with van der Waals surface area (Å²) in [5, 5.41) is 0.277. The topological polar surface area (TPSA) is 17.1 Å². The normalized spacial score (nSPS) is 17.8. The predicted octanol–water partition coefficient (Wildman–Crippen LogP) is 4.82. The van der Waals surface area contributed by atoms with Crippen molar-refractivity contribution in [1.29, 1.82) is 0 Å². The molecule has 0 fully saturated rings. The molecule has 2 aromatic rings. The van der Waals surface area contributed by atoms with Gasteiger partial charge in [-0.3, -0.25) is 4.79 Å². The Kier molecular flexibility index (Phi) is 3.64. The van der Waals surface area contributed by atoms with Crippen LogP contribution < -0.4 is 0 Å². The maximum atomic E-state index is 13.0. The minimum Gasteiger partial charge on any atom is -0.298 e. The average molecular weight is 305 g/mol. The SMILES string of the molecule is O=CC1=C(Cl)c2ccccc2SC1c1ccc(F)cc1. The lowest BCUT2D eigenvalue weighted by molar-refractivity contribution is -0.104. The second-order valence-corrected chi connectivity index (χ2v) is 5.96. The van der Waals surface area contributed by atoms with Gasteiger partial charge in [0.2, 0.25) is 0 Å². The zero-order valence-corrected chi connectivity index (χ0v) is 11.9. The summed E-state index contributed by atoms with van der Waals surface area (Å²) in [6.07, 6.45) is 0.791. The fourth-order valence-electron chi connectivity index (χ4n) is 2.21. The maximum absolute atomic E-state index is 13.0. The molecule has 100 valence electrons. The van der Waals surface area contributed by atoms with Gasteiger partial charge < -0.3 is 0 Å². The number of carbonyl (C=O) groups is 1. The quantitative estimate of drug-likeness (QED) is 0.740. The third kappa shape index (κ3) is 2.28. The number of thioether (sulfide) groups is 1. The van der Waals surface area contributed by atoms with Gasteiger partial charge in [0.05, 0.1) is 10.3 Å². The Morgan fingerprint density at radius 2 is 1.80 bits per heavy atom. The molecule has 1 aliphatic heterocycles. The van der Waals surface area contributed by atoms with E-state index in [-0.39, 0.29) is 11.1 Å². The maximum Gasteiger partial charge on any atom is 0.149 e. The molecule has 20 heavy (non-hydrogen) atoms. The lowest BCUT2D eigenvalue weighted by Gasteiger charge is -2.25. The number of carbonyl (C=O) groups excluding carboxylic acids is 1. The fourth-order valence-corrected chi connectivity index (χ4v) is 3.95. The molecule has 1 nitrogen and oxygen atoms in total. The van der Waals surface area contributed by atoms with E-state index in [1.165, 1.54) is 12.1 Å². The molecule has 0 aromatic heterocycles. The fraction of sp³-hybridized carbons (Fsp3) is 0.0625. The highest BCUT2D eigenvalue weighted by Gasteiger charge is 2.28. The second kappa shape index (κ2) is 5.43. The average Bonchev–Trinajstić information content (AvgIpc) is 2.48. The van der Waals surface area contributed by atoms with Crippen molar-refractivity contribution in [3.8, 4) is 0 Å². The van der Waals surface area contributed by atoms with Crippen LogP contribution >= 0.6 is 23.4 Å². The summed E-state index contributed by atoms with van der Waals surface area (Å²) < 4.78 is 13.0. The van der Waals surface area contributed by atoms with Gasteiger partial charge in [-0.15, -0.1) is 11.8 Å². The Labute approximate surface area is 125 Å². The van der Waals surface area contributed by atoms with Crippen molar-refractivity contribution in [3.63, 3.8) is 0 Å². The van der Waals surface area contributed by atoms with E-state index in [9.17, 15) is 9.18 Å². The minimum atomic E-state index is -0.294. The van der Waals surface area contributed by atoms with Crippen LogP contribution in [0.4, 0.5) is 4.39 Å². The molecular weight excluding hydrogens is 295 g/mol. The lowest BCUT2D eigenvalue weighted by atomic mass is 10.0. The molecule has 3 rings (SSSR count). The number of halogens is 2. The smallest absolute Gasteiger partial charge is 0.149 e. The van der Waals surface area contributed by atoms with Crippen LogP contribution in [0.5, 0.6) is 0 Å². The van der Waals surface area contributed by atoms with Crippen molar-refractivity contribution in [3.05, 3.63) is 71.0 Å². The molecule has 1 heterocycles. The first kappa shape index (κ1) is 13.4. The van der Waals surface area contributed by atoms with Gasteiger partial charge in [-0.2, -0.15) is 0 Å². The van der Waals surface area contributed by atoms with Gasteiger partial charge in [-0.25, -0.2) is 4.39 Å². The van der Waals surface area contributed by atoms with Crippen molar-refractivity contribution in [2.45, 2.75) is 10.1 Å². The summed E-state index contributed by atoms with van der Waals surface area (Å²) in [7, 11) is 0. The van der Waals surface area contributed by atoms with Gasteiger partial charge in [-0.1, -0.05) is 41.9 Å². The van der Waals surface area contributed by atoms with Crippen molar-refractivity contribution >= 4 is 34.7 Å². The Morgan fingerprint density at radius 3 is 2.50 bits per heavy atom. The Balaban J connectivity index is 2.12. The van der Waals surface area contributed by atoms with Crippen molar-refractivity contribution in [1.82, 2.24) is 0 Å². The number of benzene rings is 2. The van der Waals surface area contributed by atoms with Gasteiger partial charge in [0.25, 0.3) is 0 Å². The monoisotopic (exact) mass is 304 g/mol. The molecule has 1 aliphatic rings. The molecule has 0 amide bonds. The summed E-state index contributed by atoms with van der Waals surface area (Å²) in [5.74, 6) is -0.294. The molecule has 0 saturated carbocycles. The van der Waals surface area contributed by atoms with Gasteiger partial charge in [0.15, 0.2) is 0 Å². The molecule has 1 atom stereocenters. The van der Waals surface area contributed by atoms with E-state index in [0.717, 1.165) is 22.3 Å². The Bertz CT molecular complexity index is 694. The molecule has 1 unspecified atom stereocenters. The first-order valence-corrected chi connectivity index (χ1v) is 7.33. The number of aldehydes is 1. The molecule has 2 aromatic carbocycles. The van der Waals surface area contributed by atoms with Gasteiger partial charge in [-0.05, 0) is 23.8 Å². The van der Waals surface area contributed by atoms with Crippen molar-refractivity contribution in [2.24, 2.45) is 0 Å². The first-order valence-electron chi connectivity index (χ1n) is 6.07. The van der Waals surface area contributed by atoms with Crippen molar-refractivity contribution < 1.29 is 9.18 Å². The van der Waals surface area contributed by atoms with Crippen LogP contribution in [0.15, 0.2) is 59.0 Å². The highest BCUT2D eigenvalue weighted by Crippen LogP contribution is 2.50. The number of hydrogen-bond acceptors (Lipinski definition) is 2. The third-order valence-electron chi connectivity index (χ3n) is 3.20. The zero-order chi connectivity index (χ0) is 14.1. The van der Waals surface area contributed by atoms with E-state index in [1.807, 2.05) is 24.3 Å². The summed E-state index contributed by atoms with van der Waals surface area (Å²) in [4.78, 5) is 12.4. The molecule has 0 saturated heterocycles. The van der Waals surface area contributed by atoms with Crippen LogP contribution in [0.1, 0.15) is 16.4 Å². The molecule has 0 spiro atoms. The van der Waals surface area contributed by atoms with Gasteiger partial charge >= 0.3 is 0 Å². The van der Waals surface area contributed by atoms with Crippen LogP contribution in [-0.2, 0) is 4.79 Å². The van der Waals surface area contributed by atoms with Crippen LogP contribution in [0.3, 0.4) is 0 Å². The summed E-state index contributed by atoms with van der Waals surface area (Å²) in [6.45, 7) is 0. The van der Waals surface area contributed by atoms with Gasteiger partial charge in [0.1, 0.15) is 12.1 Å². The Morgan fingerprint density at radius 1 is 1.10 bits per heavy atom. The highest BCUT2D eigenvalue weighted by molar-refractivity contribution is 8.00. The third-order valence-corrected chi connectivity index (χ3v) is 5.00. The zero-order valence-electron chi connectivity index (χ0n) is 10.3. The molecular formula is C16H10ClFOS. The van der Waals surface area contributed by atoms with Gasteiger partial charge in [0, 0.05) is 16.0 Å². The van der Waals surface area contributed by atoms with Crippen LogP contribution in [0.2, 0.25) is 0 Å². The summed E-state index contributed by atoms with van der Waals surface area (Å²) in [5.41, 5.74) is 2.27. The standard InChI is InChI=1S/C16H10ClFOS/c17-15-12-3-1-2-4-14(12)20-16(13(15)9-19)10-5-7-11(18)8-6-10/h1-9,16H. The highest BCUT2D eigenvalue weighted by atomic mass is 35.5.